The third kappa shape index (κ3) is 6.05. The lowest BCUT2D eigenvalue weighted by atomic mass is 10.0. The van der Waals surface area contributed by atoms with Gasteiger partial charge in [0.05, 0.1) is 6.42 Å². The number of nitrogens with one attached hydrogen (secondary N) is 3. The number of amides is 3. The number of aliphatic carboxylic acids is 1. The zero-order chi connectivity index (χ0) is 22.4. The van der Waals surface area contributed by atoms with Crippen LogP contribution in [-0.2, 0) is 32.0 Å². The number of carboxylic acids is 1. The molecule has 2 aromatic carbocycles. The van der Waals surface area contributed by atoms with Crippen LogP contribution in [0.2, 0.25) is 5.02 Å². The largest absolute Gasteiger partial charge is 0.480 e. The zero-order valence-electron chi connectivity index (χ0n) is 16.5. The minimum absolute atomic E-state index is 0.0108. The molecule has 9 heteroatoms. The normalized spacial score (nSPS) is 19.1. The van der Waals surface area contributed by atoms with Gasteiger partial charge in [0, 0.05) is 17.9 Å². The van der Waals surface area contributed by atoms with Crippen molar-refractivity contribution in [2.75, 3.05) is 0 Å². The van der Waals surface area contributed by atoms with Gasteiger partial charge in [0.2, 0.25) is 17.7 Å². The summed E-state index contributed by atoms with van der Waals surface area (Å²) in [6.45, 7) is 0. The van der Waals surface area contributed by atoms with Crippen molar-refractivity contribution in [1.29, 1.82) is 0 Å². The molecule has 4 N–H and O–H groups in total. The van der Waals surface area contributed by atoms with Crippen LogP contribution in [0.3, 0.4) is 0 Å². The highest BCUT2D eigenvalue weighted by Crippen LogP contribution is 2.17. The van der Waals surface area contributed by atoms with E-state index in [1.54, 1.807) is 24.3 Å². The predicted molar refractivity (Wildman–Crippen MR) is 113 cm³/mol. The highest BCUT2D eigenvalue weighted by atomic mass is 35.5. The van der Waals surface area contributed by atoms with E-state index in [9.17, 15) is 24.3 Å². The summed E-state index contributed by atoms with van der Waals surface area (Å²) >= 11 is 6.07. The van der Waals surface area contributed by atoms with Gasteiger partial charge in [-0.1, -0.05) is 60.1 Å². The summed E-state index contributed by atoms with van der Waals surface area (Å²) in [4.78, 5) is 48.7. The average molecular weight is 444 g/mol. The Labute approximate surface area is 184 Å². The molecular formula is C22H22ClN3O5. The Hall–Kier alpha value is -3.39. The fourth-order valence-corrected chi connectivity index (χ4v) is 3.55. The Balaban J connectivity index is 1.57. The van der Waals surface area contributed by atoms with Crippen molar-refractivity contribution in [2.24, 2.45) is 0 Å². The van der Waals surface area contributed by atoms with Crippen molar-refractivity contribution in [3.05, 3.63) is 70.7 Å². The van der Waals surface area contributed by atoms with Crippen molar-refractivity contribution in [2.45, 2.75) is 37.4 Å². The van der Waals surface area contributed by atoms with Gasteiger partial charge < -0.3 is 21.1 Å². The van der Waals surface area contributed by atoms with E-state index >= 15 is 0 Å². The van der Waals surface area contributed by atoms with Gasteiger partial charge in [-0.25, -0.2) is 4.79 Å². The first-order chi connectivity index (χ1) is 14.8. The van der Waals surface area contributed by atoms with E-state index in [0.29, 0.717) is 17.0 Å². The van der Waals surface area contributed by atoms with Crippen molar-refractivity contribution >= 4 is 35.3 Å². The number of halogens is 1. The van der Waals surface area contributed by atoms with Crippen LogP contribution in [0.15, 0.2) is 54.6 Å². The summed E-state index contributed by atoms with van der Waals surface area (Å²) in [5, 5.41) is 17.4. The fraction of sp³-hybridized carbons (Fsp3) is 0.273. The Morgan fingerprint density at radius 2 is 1.58 bits per heavy atom. The molecule has 0 aliphatic carbocycles. The zero-order valence-corrected chi connectivity index (χ0v) is 17.3. The van der Waals surface area contributed by atoms with E-state index in [-0.39, 0.29) is 12.8 Å². The molecule has 1 aliphatic heterocycles. The average Bonchev–Trinajstić information content (AvgIpc) is 2.73. The van der Waals surface area contributed by atoms with E-state index in [2.05, 4.69) is 16.0 Å². The molecule has 1 heterocycles. The van der Waals surface area contributed by atoms with E-state index in [1.807, 2.05) is 30.3 Å². The molecule has 1 fully saturated rings. The van der Waals surface area contributed by atoms with Gasteiger partial charge in [-0.15, -0.1) is 0 Å². The Morgan fingerprint density at radius 3 is 2.26 bits per heavy atom. The first kappa shape index (κ1) is 22.3. The molecule has 2 aromatic rings. The van der Waals surface area contributed by atoms with Crippen LogP contribution in [0.25, 0.3) is 0 Å². The SMILES string of the molecule is O=C(C[C@@H]1NC(=O)[C@H](Cc2ccccc2)NC1=O)N[C@@H](Cc1ccccc1Cl)C(=O)O. The molecule has 1 saturated heterocycles. The van der Waals surface area contributed by atoms with Gasteiger partial charge in [-0.05, 0) is 17.2 Å². The van der Waals surface area contributed by atoms with Crippen LogP contribution in [0.1, 0.15) is 17.5 Å². The molecule has 8 nitrogen and oxygen atoms in total. The molecular weight excluding hydrogens is 422 g/mol. The molecule has 0 aromatic heterocycles. The van der Waals surface area contributed by atoms with Crippen LogP contribution in [0.5, 0.6) is 0 Å². The maximum absolute atomic E-state index is 12.4. The number of carbonyl (C=O) groups is 4. The predicted octanol–water partition coefficient (Wildman–Crippen LogP) is 1.07. The summed E-state index contributed by atoms with van der Waals surface area (Å²) in [6, 6.07) is 12.9. The van der Waals surface area contributed by atoms with Crippen molar-refractivity contribution in [3.8, 4) is 0 Å². The summed E-state index contributed by atoms with van der Waals surface area (Å²) in [6.07, 6.45) is -0.0543. The first-order valence-electron chi connectivity index (χ1n) is 9.73. The van der Waals surface area contributed by atoms with Crippen LogP contribution in [0, 0.1) is 0 Å². The summed E-state index contributed by atoms with van der Waals surface area (Å²) in [5.74, 6) is -2.78. The van der Waals surface area contributed by atoms with Gasteiger partial charge >= 0.3 is 5.97 Å². The van der Waals surface area contributed by atoms with Crippen LogP contribution in [-0.4, -0.2) is 46.9 Å². The maximum atomic E-state index is 12.4. The van der Waals surface area contributed by atoms with Gasteiger partial charge in [0.15, 0.2) is 0 Å². The second-order valence-electron chi connectivity index (χ2n) is 7.27. The molecule has 1 aliphatic rings. The third-order valence-corrected chi connectivity index (χ3v) is 5.32. The molecule has 3 atom stereocenters. The van der Waals surface area contributed by atoms with Crippen molar-refractivity contribution in [3.63, 3.8) is 0 Å². The van der Waals surface area contributed by atoms with E-state index in [1.165, 1.54) is 0 Å². The minimum Gasteiger partial charge on any atom is -0.480 e. The lowest BCUT2D eigenvalue weighted by Crippen LogP contribution is -2.63. The maximum Gasteiger partial charge on any atom is 0.326 e. The number of carbonyl (C=O) groups excluding carboxylic acids is 3. The summed E-state index contributed by atoms with van der Waals surface area (Å²) in [5.41, 5.74) is 1.47. The van der Waals surface area contributed by atoms with E-state index < -0.39 is 41.8 Å². The number of benzene rings is 2. The number of piperazine rings is 1. The van der Waals surface area contributed by atoms with Crippen LogP contribution in [0.4, 0.5) is 0 Å². The molecule has 3 amide bonds. The minimum atomic E-state index is -1.23. The molecule has 0 unspecified atom stereocenters. The lowest BCUT2D eigenvalue weighted by molar-refractivity contribution is -0.142. The number of rotatable bonds is 8. The second kappa shape index (κ2) is 10.1. The quantitative estimate of drug-likeness (QED) is 0.485. The second-order valence-corrected chi connectivity index (χ2v) is 7.68. The number of hydrogen-bond donors (Lipinski definition) is 4. The van der Waals surface area contributed by atoms with E-state index in [0.717, 1.165) is 5.56 Å². The molecule has 0 radical (unpaired) electrons. The summed E-state index contributed by atoms with van der Waals surface area (Å²) < 4.78 is 0. The number of carboxylic acid groups (broad SMARTS) is 1. The van der Waals surface area contributed by atoms with Gasteiger partial charge in [0.25, 0.3) is 0 Å². The van der Waals surface area contributed by atoms with Crippen LogP contribution < -0.4 is 16.0 Å². The van der Waals surface area contributed by atoms with Gasteiger partial charge in [-0.3, -0.25) is 14.4 Å². The first-order valence-corrected chi connectivity index (χ1v) is 10.1. The van der Waals surface area contributed by atoms with Gasteiger partial charge in [0.1, 0.15) is 18.1 Å². The monoisotopic (exact) mass is 443 g/mol. The molecule has 31 heavy (non-hydrogen) atoms. The smallest absolute Gasteiger partial charge is 0.326 e. The van der Waals surface area contributed by atoms with E-state index in [4.69, 9.17) is 11.6 Å². The lowest BCUT2D eigenvalue weighted by Gasteiger charge is -2.29. The molecule has 0 bridgehead atoms. The topological polar surface area (TPSA) is 125 Å². The standard InChI is InChI=1S/C22H22ClN3O5/c23-15-9-5-4-8-14(15)11-18(22(30)31)24-19(27)12-17-21(29)25-16(20(28)26-17)10-13-6-2-1-3-7-13/h1-9,16-18H,10-12H2,(H,24,27)(H,25,29)(H,26,28)(H,30,31)/t16-,17-,18-/m0/s1. The molecule has 3 rings (SSSR count). The highest BCUT2D eigenvalue weighted by Gasteiger charge is 2.35. The van der Waals surface area contributed by atoms with Crippen molar-refractivity contribution < 1.29 is 24.3 Å². The fourth-order valence-electron chi connectivity index (χ4n) is 3.34. The van der Waals surface area contributed by atoms with Crippen molar-refractivity contribution in [1.82, 2.24) is 16.0 Å². The molecule has 162 valence electrons. The Kier molecular flexibility index (Phi) is 7.25. The third-order valence-electron chi connectivity index (χ3n) is 4.95. The molecule has 0 saturated carbocycles. The Morgan fingerprint density at radius 1 is 0.968 bits per heavy atom. The van der Waals surface area contributed by atoms with Crippen LogP contribution >= 0.6 is 11.6 Å². The Bertz CT molecular complexity index is 982. The summed E-state index contributed by atoms with van der Waals surface area (Å²) in [7, 11) is 0. The highest BCUT2D eigenvalue weighted by molar-refractivity contribution is 6.31. The van der Waals surface area contributed by atoms with Gasteiger partial charge in [-0.2, -0.15) is 0 Å². The number of hydrogen-bond acceptors (Lipinski definition) is 4. The molecule has 0 spiro atoms.